The van der Waals surface area contributed by atoms with Crippen molar-refractivity contribution < 1.29 is 38.4 Å². The minimum atomic E-state index is -1.30. The van der Waals surface area contributed by atoms with Crippen LogP contribution >= 0.6 is 11.6 Å². The van der Waals surface area contributed by atoms with Crippen LogP contribution in [0.2, 0.25) is 5.02 Å². The second kappa shape index (κ2) is 11.6. The number of anilines is 1. The Morgan fingerprint density at radius 1 is 0.947 bits per heavy atom. The molecule has 1 amide bonds. The zero-order valence-electron chi connectivity index (χ0n) is 21.4. The van der Waals surface area contributed by atoms with Gasteiger partial charge in [0.15, 0.2) is 11.5 Å². The molecule has 2 atom stereocenters. The summed E-state index contributed by atoms with van der Waals surface area (Å²) in [6.45, 7) is 0.0854. The number of carboxylic acids is 1. The Balaban J connectivity index is 1.91. The number of hydrogen-bond acceptors (Lipinski definition) is 7. The van der Waals surface area contributed by atoms with Gasteiger partial charge in [-0.25, -0.2) is 0 Å². The molecule has 0 bridgehead atoms. The second-order valence-electron chi connectivity index (χ2n) is 8.49. The molecule has 3 aromatic carbocycles. The van der Waals surface area contributed by atoms with E-state index >= 15 is 0 Å². The summed E-state index contributed by atoms with van der Waals surface area (Å²) < 4.78 is 28.2. The number of rotatable bonds is 9. The molecule has 1 N–H and O–H groups in total. The molecule has 0 saturated carbocycles. The smallest absolute Gasteiger partial charge is 0.306 e. The summed E-state index contributed by atoms with van der Waals surface area (Å²) in [6.07, 6.45) is -2.73. The van der Waals surface area contributed by atoms with Gasteiger partial charge in [0.05, 0.1) is 47.1 Å². The van der Waals surface area contributed by atoms with Gasteiger partial charge in [-0.2, -0.15) is 0 Å². The fraction of sp³-hybridized carbons (Fsp3) is 0.286. The number of carboxylic acid groups (broad SMARTS) is 1. The van der Waals surface area contributed by atoms with Gasteiger partial charge in [0.25, 0.3) is 5.91 Å². The Labute approximate surface area is 225 Å². The van der Waals surface area contributed by atoms with Crippen LogP contribution in [0.4, 0.5) is 5.69 Å². The molecule has 0 radical (unpaired) electrons. The largest absolute Gasteiger partial charge is 0.497 e. The van der Waals surface area contributed by atoms with Gasteiger partial charge in [-0.05, 0) is 36.4 Å². The SMILES string of the molecule is COc1ccc(CN2C(=O)[C@@H](CC(=O)O)O[C@H](c3cccc(OC)c3OC)c3cc(Cl)ccc32)c(OC)c1. The molecule has 1 aliphatic heterocycles. The van der Waals surface area contributed by atoms with Crippen LogP contribution in [-0.4, -0.2) is 51.5 Å². The summed E-state index contributed by atoms with van der Waals surface area (Å²) in [5.74, 6) is 0.278. The molecule has 0 spiro atoms. The normalized spacial score (nSPS) is 16.9. The first-order valence-electron chi connectivity index (χ1n) is 11.7. The number of carbonyl (C=O) groups is 2. The Morgan fingerprint density at radius 2 is 1.71 bits per heavy atom. The molecule has 10 heteroatoms. The predicted molar refractivity (Wildman–Crippen MR) is 141 cm³/mol. The maximum absolute atomic E-state index is 13.9. The fourth-order valence-corrected chi connectivity index (χ4v) is 4.72. The minimum absolute atomic E-state index is 0.0854. The highest BCUT2D eigenvalue weighted by Gasteiger charge is 2.39. The van der Waals surface area contributed by atoms with Gasteiger partial charge in [-0.3, -0.25) is 9.59 Å². The summed E-state index contributed by atoms with van der Waals surface area (Å²) in [5, 5.41) is 10.1. The van der Waals surface area contributed by atoms with Crippen molar-refractivity contribution in [1.82, 2.24) is 0 Å². The number of halogens is 1. The lowest BCUT2D eigenvalue weighted by atomic mass is 9.97. The third kappa shape index (κ3) is 5.34. The van der Waals surface area contributed by atoms with Crippen LogP contribution in [0.15, 0.2) is 54.6 Å². The molecule has 1 aliphatic rings. The molecule has 0 saturated heterocycles. The summed E-state index contributed by atoms with van der Waals surface area (Å²) in [7, 11) is 6.09. The molecule has 3 aromatic rings. The number of aliphatic carboxylic acids is 1. The highest BCUT2D eigenvalue weighted by Crippen LogP contribution is 2.45. The number of benzene rings is 3. The van der Waals surface area contributed by atoms with E-state index in [0.717, 1.165) is 0 Å². The Bertz CT molecular complexity index is 1340. The number of ether oxygens (including phenoxy) is 5. The quantitative estimate of drug-likeness (QED) is 0.409. The maximum Gasteiger partial charge on any atom is 0.306 e. The van der Waals surface area contributed by atoms with Crippen molar-refractivity contribution in [1.29, 1.82) is 0 Å². The Kier molecular flexibility index (Phi) is 8.29. The molecule has 0 aliphatic carbocycles. The van der Waals surface area contributed by atoms with Crippen molar-refractivity contribution in [3.05, 3.63) is 76.3 Å². The molecule has 200 valence electrons. The maximum atomic E-state index is 13.9. The average Bonchev–Trinajstić information content (AvgIpc) is 3.02. The van der Waals surface area contributed by atoms with Gasteiger partial charge >= 0.3 is 5.97 Å². The van der Waals surface area contributed by atoms with Crippen LogP contribution in [0.3, 0.4) is 0 Å². The fourth-order valence-electron chi connectivity index (χ4n) is 4.54. The van der Waals surface area contributed by atoms with Crippen molar-refractivity contribution in [2.75, 3.05) is 33.3 Å². The lowest BCUT2D eigenvalue weighted by Crippen LogP contribution is -2.40. The van der Waals surface area contributed by atoms with Gasteiger partial charge in [-0.1, -0.05) is 23.7 Å². The molecule has 9 nitrogen and oxygen atoms in total. The van der Waals surface area contributed by atoms with Gasteiger partial charge in [0.2, 0.25) is 0 Å². The van der Waals surface area contributed by atoms with Crippen LogP contribution in [0.1, 0.15) is 29.2 Å². The molecule has 0 aromatic heterocycles. The zero-order valence-corrected chi connectivity index (χ0v) is 22.2. The summed E-state index contributed by atoms with van der Waals surface area (Å²) in [6, 6.07) is 15.6. The van der Waals surface area contributed by atoms with Crippen molar-refractivity contribution in [2.24, 2.45) is 0 Å². The minimum Gasteiger partial charge on any atom is -0.497 e. The van der Waals surface area contributed by atoms with Crippen molar-refractivity contribution in [3.8, 4) is 23.0 Å². The number of fused-ring (bicyclic) bond motifs is 1. The van der Waals surface area contributed by atoms with E-state index < -0.39 is 30.5 Å². The molecular weight excluding hydrogens is 514 g/mol. The first-order chi connectivity index (χ1) is 18.3. The number of carbonyl (C=O) groups excluding carboxylic acids is 1. The van der Waals surface area contributed by atoms with Crippen molar-refractivity contribution in [3.63, 3.8) is 0 Å². The van der Waals surface area contributed by atoms with Crippen molar-refractivity contribution in [2.45, 2.75) is 25.2 Å². The van der Waals surface area contributed by atoms with E-state index in [1.165, 1.54) is 26.2 Å². The number of para-hydroxylation sites is 1. The monoisotopic (exact) mass is 541 g/mol. The van der Waals surface area contributed by atoms with E-state index in [1.807, 2.05) is 0 Å². The van der Waals surface area contributed by atoms with E-state index in [9.17, 15) is 14.7 Å². The van der Waals surface area contributed by atoms with Gasteiger partial charge in [-0.15, -0.1) is 0 Å². The lowest BCUT2D eigenvalue weighted by Gasteiger charge is -2.26. The lowest BCUT2D eigenvalue weighted by molar-refractivity contribution is -0.147. The van der Waals surface area contributed by atoms with Gasteiger partial charge in [0, 0.05) is 27.8 Å². The standard InChI is InChI=1S/C28H28ClNO8/c1-34-18-10-8-16(23(13-18)36-3)15-30-21-11-9-17(29)12-20(21)26(38-24(28(30)33)14-25(31)32)19-6-5-7-22(35-2)27(19)37-4/h5-13,24,26H,14-15H2,1-4H3,(H,31,32)/t24-,26-/m1/s1. The van der Waals surface area contributed by atoms with Crippen LogP contribution < -0.4 is 23.8 Å². The summed E-state index contributed by atoms with van der Waals surface area (Å²) in [4.78, 5) is 27.2. The molecular formula is C28H28ClNO8. The molecule has 4 rings (SSSR count). The molecule has 0 unspecified atom stereocenters. The van der Waals surface area contributed by atoms with E-state index in [2.05, 4.69) is 0 Å². The van der Waals surface area contributed by atoms with Gasteiger partial charge < -0.3 is 33.7 Å². The summed E-state index contributed by atoms with van der Waals surface area (Å²) in [5.41, 5.74) is 2.33. The van der Waals surface area contributed by atoms with Gasteiger partial charge in [0.1, 0.15) is 23.7 Å². The van der Waals surface area contributed by atoms with Crippen LogP contribution in [0.5, 0.6) is 23.0 Å². The van der Waals surface area contributed by atoms with Crippen molar-refractivity contribution >= 4 is 29.2 Å². The van der Waals surface area contributed by atoms with E-state index in [0.29, 0.717) is 50.4 Å². The zero-order chi connectivity index (χ0) is 27.4. The molecule has 38 heavy (non-hydrogen) atoms. The second-order valence-corrected chi connectivity index (χ2v) is 8.93. The van der Waals surface area contributed by atoms with E-state index in [4.69, 9.17) is 35.3 Å². The van der Waals surface area contributed by atoms with E-state index in [-0.39, 0.29) is 6.54 Å². The van der Waals surface area contributed by atoms with E-state index in [1.54, 1.807) is 61.7 Å². The van der Waals surface area contributed by atoms with Crippen LogP contribution in [0.25, 0.3) is 0 Å². The molecule has 1 heterocycles. The predicted octanol–water partition coefficient (Wildman–Crippen LogP) is 4.87. The van der Waals surface area contributed by atoms with Crippen LogP contribution in [-0.2, 0) is 20.9 Å². The highest BCUT2D eigenvalue weighted by atomic mass is 35.5. The third-order valence-corrected chi connectivity index (χ3v) is 6.54. The van der Waals surface area contributed by atoms with Crippen LogP contribution in [0, 0.1) is 0 Å². The first kappa shape index (κ1) is 27.1. The summed E-state index contributed by atoms with van der Waals surface area (Å²) >= 11 is 6.42. The number of methoxy groups -OCH3 is 4. The number of hydrogen-bond donors (Lipinski definition) is 1. The molecule has 0 fully saturated rings. The third-order valence-electron chi connectivity index (χ3n) is 6.30. The average molecular weight is 542 g/mol. The number of amides is 1. The first-order valence-corrected chi connectivity index (χ1v) is 12.1. The number of nitrogens with zero attached hydrogens (tertiary/aromatic N) is 1. The highest BCUT2D eigenvalue weighted by molar-refractivity contribution is 6.30. The Hall–Kier alpha value is -3.95. The topological polar surface area (TPSA) is 104 Å². The Morgan fingerprint density at radius 3 is 2.37 bits per heavy atom.